The molecule has 0 saturated heterocycles. The molecule has 0 aliphatic rings. The highest BCUT2D eigenvalue weighted by atomic mass is 33.1. The van der Waals surface area contributed by atoms with Gasteiger partial charge in [0.2, 0.25) is 8.87 Å². The Hall–Kier alpha value is -1.01. The Kier molecular flexibility index (Phi) is 5.02. The highest BCUT2D eigenvalue weighted by Crippen LogP contribution is 2.20. The van der Waals surface area contributed by atoms with Gasteiger partial charge in [0.1, 0.15) is 5.25 Å². The third kappa shape index (κ3) is 5.23. The molecule has 0 heterocycles. The highest BCUT2D eigenvalue weighted by Gasteiger charge is 2.21. The Labute approximate surface area is 104 Å². The molecule has 1 aromatic carbocycles. The number of benzene rings is 1. The molecule has 0 fully saturated rings. The second kappa shape index (κ2) is 6.07. The van der Waals surface area contributed by atoms with Gasteiger partial charge in [-0.2, -0.15) is 0 Å². The van der Waals surface area contributed by atoms with Gasteiger partial charge in [0.15, 0.2) is 0 Å². The first kappa shape index (κ1) is 14.1. The summed E-state index contributed by atoms with van der Waals surface area (Å²) in [6.07, 6.45) is 0.405. The maximum absolute atomic E-state index is 11.6. The molecule has 0 aromatic heterocycles. The second-order valence-corrected chi connectivity index (χ2v) is 8.10. The number of carboxylic acid groups (broad SMARTS) is 1. The average molecular weight is 274 g/mol. The molecule has 17 heavy (non-hydrogen) atoms. The topological polar surface area (TPSA) is 71.4 Å². The maximum atomic E-state index is 11.6. The first-order valence-corrected chi connectivity index (χ1v) is 8.13. The Morgan fingerprint density at radius 3 is 2.47 bits per heavy atom. The summed E-state index contributed by atoms with van der Waals surface area (Å²) in [6, 6.07) is 9.24. The molecule has 1 N–H and O–H groups in total. The maximum Gasteiger partial charge on any atom is 0.317 e. The van der Waals surface area contributed by atoms with Crippen LogP contribution in [-0.4, -0.2) is 30.5 Å². The van der Waals surface area contributed by atoms with E-state index in [1.54, 1.807) is 0 Å². The van der Waals surface area contributed by atoms with Crippen molar-refractivity contribution in [2.45, 2.75) is 18.6 Å². The van der Waals surface area contributed by atoms with Gasteiger partial charge >= 0.3 is 5.97 Å². The molecule has 0 amide bonds. The summed E-state index contributed by atoms with van der Waals surface area (Å²) in [7, 11) is -2.89. The van der Waals surface area contributed by atoms with E-state index in [1.807, 2.05) is 30.3 Å². The van der Waals surface area contributed by atoms with Crippen LogP contribution in [0, 0.1) is 0 Å². The lowest BCUT2D eigenvalue weighted by molar-refractivity contribution is -0.136. The minimum absolute atomic E-state index is 0.0424. The number of hydrogen-bond donors (Lipinski definition) is 1. The molecule has 1 aromatic rings. The van der Waals surface area contributed by atoms with Crippen LogP contribution in [0.5, 0.6) is 0 Å². The van der Waals surface area contributed by atoms with E-state index in [9.17, 15) is 13.2 Å². The Bertz CT molecular complexity index is 468. The minimum Gasteiger partial charge on any atom is -0.480 e. The van der Waals surface area contributed by atoms with Crippen LogP contribution >= 0.6 is 10.8 Å². The van der Waals surface area contributed by atoms with Crippen molar-refractivity contribution in [2.24, 2.45) is 0 Å². The van der Waals surface area contributed by atoms with Crippen molar-refractivity contribution in [3.05, 3.63) is 35.9 Å². The Balaban J connectivity index is 2.54. The van der Waals surface area contributed by atoms with Gasteiger partial charge in [-0.15, -0.1) is 0 Å². The van der Waals surface area contributed by atoms with Crippen LogP contribution in [0.3, 0.4) is 0 Å². The minimum atomic E-state index is -3.39. The van der Waals surface area contributed by atoms with Gasteiger partial charge in [0, 0.05) is 0 Å². The summed E-state index contributed by atoms with van der Waals surface area (Å²) >= 11 is 0. The number of carbonyl (C=O) groups is 1. The number of aliphatic carboxylic acids is 1. The lowest BCUT2D eigenvalue weighted by Crippen LogP contribution is -2.16. The van der Waals surface area contributed by atoms with Crippen LogP contribution in [0.15, 0.2) is 30.3 Å². The molecular weight excluding hydrogens is 260 g/mol. The quantitative estimate of drug-likeness (QED) is 0.800. The largest absolute Gasteiger partial charge is 0.480 e. The average Bonchev–Trinajstić information content (AvgIpc) is 2.27. The van der Waals surface area contributed by atoms with Crippen molar-refractivity contribution in [3.8, 4) is 0 Å². The van der Waals surface area contributed by atoms with Crippen LogP contribution in [0.4, 0.5) is 0 Å². The molecule has 0 saturated carbocycles. The van der Waals surface area contributed by atoms with Gasteiger partial charge in [-0.05, 0) is 29.7 Å². The van der Waals surface area contributed by atoms with Gasteiger partial charge in [-0.25, -0.2) is 8.42 Å². The van der Waals surface area contributed by atoms with Crippen molar-refractivity contribution >= 4 is 25.6 Å². The van der Waals surface area contributed by atoms with Crippen LogP contribution in [0.1, 0.15) is 12.5 Å². The number of hydrogen-bond acceptors (Lipinski definition) is 4. The Morgan fingerprint density at radius 1 is 1.35 bits per heavy atom. The van der Waals surface area contributed by atoms with E-state index in [-0.39, 0.29) is 5.75 Å². The molecule has 6 heteroatoms. The van der Waals surface area contributed by atoms with Crippen molar-refractivity contribution in [1.82, 2.24) is 0 Å². The molecule has 0 aliphatic carbocycles. The van der Waals surface area contributed by atoms with Gasteiger partial charge in [-0.3, -0.25) is 4.79 Å². The third-order valence-electron chi connectivity index (χ3n) is 2.12. The fourth-order valence-electron chi connectivity index (χ4n) is 1.20. The number of rotatable bonds is 6. The van der Waals surface area contributed by atoms with Gasteiger partial charge in [-0.1, -0.05) is 30.3 Å². The summed E-state index contributed by atoms with van der Waals surface area (Å²) in [5.41, 5.74) is 0.930. The molecule has 1 unspecified atom stereocenters. The lowest BCUT2D eigenvalue weighted by atomic mass is 10.2. The smallest absolute Gasteiger partial charge is 0.317 e. The molecule has 0 radical (unpaired) electrons. The predicted octanol–water partition coefficient (Wildman–Crippen LogP) is 1.77. The van der Waals surface area contributed by atoms with E-state index in [0.717, 1.165) is 5.56 Å². The second-order valence-electron chi connectivity index (χ2n) is 3.57. The molecule has 0 spiro atoms. The first-order valence-electron chi connectivity index (χ1n) is 5.08. The van der Waals surface area contributed by atoms with Crippen LogP contribution in [-0.2, 0) is 20.1 Å². The zero-order valence-corrected chi connectivity index (χ0v) is 11.0. The van der Waals surface area contributed by atoms with Crippen molar-refractivity contribution in [3.63, 3.8) is 0 Å². The summed E-state index contributed by atoms with van der Waals surface area (Å²) in [5.74, 6) is -1.16. The van der Waals surface area contributed by atoms with E-state index < -0.39 is 20.1 Å². The zero-order chi connectivity index (χ0) is 12.9. The van der Waals surface area contributed by atoms with Crippen molar-refractivity contribution in [2.75, 3.05) is 5.75 Å². The summed E-state index contributed by atoms with van der Waals surface area (Å²) in [4.78, 5) is 10.6. The molecular formula is C11H14O4S2. The first-order chi connectivity index (χ1) is 7.91. The summed E-state index contributed by atoms with van der Waals surface area (Å²) in [5, 5.41) is 7.71. The molecule has 0 aliphatic heterocycles. The van der Waals surface area contributed by atoms with E-state index >= 15 is 0 Å². The fourth-order valence-corrected chi connectivity index (χ4v) is 4.41. The summed E-state index contributed by atoms with van der Waals surface area (Å²) in [6.45, 7) is 1.37. The van der Waals surface area contributed by atoms with Gasteiger partial charge < -0.3 is 5.11 Å². The van der Waals surface area contributed by atoms with E-state index in [1.165, 1.54) is 6.92 Å². The van der Waals surface area contributed by atoms with Crippen molar-refractivity contribution in [1.29, 1.82) is 0 Å². The molecule has 4 nitrogen and oxygen atoms in total. The highest BCUT2D eigenvalue weighted by molar-refractivity contribution is 8.72. The fraction of sp³-hybridized carbons (Fsp3) is 0.364. The predicted molar refractivity (Wildman–Crippen MR) is 68.6 cm³/mol. The van der Waals surface area contributed by atoms with Gasteiger partial charge in [0.25, 0.3) is 0 Å². The Morgan fingerprint density at radius 2 is 1.94 bits per heavy atom. The van der Waals surface area contributed by atoms with E-state index in [4.69, 9.17) is 5.11 Å². The standard InChI is InChI=1S/C11H14O4S2/c1-9(11(12)13)16-17(14,15)8-7-10-5-3-2-4-6-10/h2-6,9H,7-8H2,1H3,(H,12,13). The van der Waals surface area contributed by atoms with Gasteiger partial charge in [0.05, 0.1) is 5.75 Å². The number of carboxylic acids is 1. The molecule has 1 rings (SSSR count). The van der Waals surface area contributed by atoms with Crippen LogP contribution < -0.4 is 0 Å². The van der Waals surface area contributed by atoms with Crippen LogP contribution in [0.2, 0.25) is 0 Å². The van der Waals surface area contributed by atoms with E-state index in [0.29, 0.717) is 17.2 Å². The monoisotopic (exact) mass is 274 g/mol. The van der Waals surface area contributed by atoms with Crippen LogP contribution in [0.25, 0.3) is 0 Å². The van der Waals surface area contributed by atoms with Crippen molar-refractivity contribution < 1.29 is 18.3 Å². The zero-order valence-electron chi connectivity index (χ0n) is 9.37. The lowest BCUT2D eigenvalue weighted by Gasteiger charge is -2.06. The molecule has 94 valence electrons. The number of aryl methyl sites for hydroxylation is 1. The molecule has 0 bridgehead atoms. The molecule has 1 atom stereocenters. The summed E-state index contributed by atoms with van der Waals surface area (Å²) < 4.78 is 23.2. The SMILES string of the molecule is CC(SS(=O)(=O)CCc1ccccc1)C(=O)O. The normalized spacial score (nSPS) is 13.2. The van der Waals surface area contributed by atoms with E-state index in [2.05, 4.69) is 0 Å². The third-order valence-corrected chi connectivity index (χ3v) is 5.86.